The van der Waals surface area contributed by atoms with Gasteiger partial charge in [0.1, 0.15) is 0 Å². The molecule has 0 aromatic heterocycles. The predicted molar refractivity (Wildman–Crippen MR) is 87.9 cm³/mol. The van der Waals surface area contributed by atoms with Crippen molar-refractivity contribution in [2.75, 3.05) is 20.2 Å². The fourth-order valence-corrected chi connectivity index (χ4v) is 5.18. The highest BCUT2D eigenvalue weighted by Gasteiger charge is 2.61. The van der Waals surface area contributed by atoms with Crippen molar-refractivity contribution in [3.63, 3.8) is 0 Å². The fraction of sp³-hybridized carbons (Fsp3) is 0.889. The Morgan fingerprint density at radius 1 is 1.22 bits per heavy atom. The zero-order valence-electron chi connectivity index (χ0n) is 14.9. The van der Waals surface area contributed by atoms with E-state index in [0.717, 1.165) is 25.8 Å². The van der Waals surface area contributed by atoms with E-state index < -0.39 is 0 Å². The summed E-state index contributed by atoms with van der Waals surface area (Å²) in [6.45, 7) is 8.25. The van der Waals surface area contributed by atoms with Crippen LogP contribution in [0.5, 0.6) is 0 Å². The lowest BCUT2D eigenvalue weighted by atomic mass is 9.69. The molecule has 0 aromatic rings. The summed E-state index contributed by atoms with van der Waals surface area (Å²) < 4.78 is 4.84. The van der Waals surface area contributed by atoms with Crippen molar-refractivity contribution >= 4 is 12.0 Å². The predicted octanol–water partition coefficient (Wildman–Crippen LogP) is 2.80. The summed E-state index contributed by atoms with van der Waals surface area (Å²) in [5.41, 5.74) is 0.478. The first-order valence-electron chi connectivity index (χ1n) is 8.93. The molecule has 2 aliphatic carbocycles. The SMILES string of the molecule is COC(=O)C1CCCN(C(=O)NC2CC3CCC2(C)C3(C)C)C1. The lowest BCUT2D eigenvalue weighted by Crippen LogP contribution is -2.53. The van der Waals surface area contributed by atoms with Gasteiger partial charge in [-0.25, -0.2) is 4.79 Å². The molecule has 3 rings (SSSR count). The van der Waals surface area contributed by atoms with Gasteiger partial charge in [0.25, 0.3) is 0 Å². The molecule has 1 aliphatic heterocycles. The largest absolute Gasteiger partial charge is 0.469 e. The number of nitrogens with one attached hydrogen (secondary N) is 1. The second kappa shape index (κ2) is 5.67. The molecule has 4 unspecified atom stereocenters. The summed E-state index contributed by atoms with van der Waals surface area (Å²) in [4.78, 5) is 26.2. The Bertz CT molecular complexity index is 504. The fourth-order valence-electron chi connectivity index (χ4n) is 5.18. The summed E-state index contributed by atoms with van der Waals surface area (Å²) >= 11 is 0. The minimum Gasteiger partial charge on any atom is -0.469 e. The Kier molecular flexibility index (Phi) is 4.09. The first-order chi connectivity index (χ1) is 10.8. The molecule has 23 heavy (non-hydrogen) atoms. The molecule has 130 valence electrons. The van der Waals surface area contributed by atoms with Crippen LogP contribution >= 0.6 is 0 Å². The molecule has 5 heteroatoms. The van der Waals surface area contributed by atoms with E-state index in [2.05, 4.69) is 26.1 Å². The Labute approximate surface area is 139 Å². The van der Waals surface area contributed by atoms with Crippen LogP contribution in [0.1, 0.15) is 52.9 Å². The molecule has 2 amide bonds. The molecule has 2 saturated carbocycles. The molecular formula is C18H30N2O3. The Morgan fingerprint density at radius 3 is 2.52 bits per heavy atom. The smallest absolute Gasteiger partial charge is 0.317 e. The van der Waals surface area contributed by atoms with Crippen LogP contribution in [0.15, 0.2) is 0 Å². The van der Waals surface area contributed by atoms with Crippen LogP contribution in [0.4, 0.5) is 4.79 Å². The van der Waals surface area contributed by atoms with E-state index in [1.165, 1.54) is 20.0 Å². The van der Waals surface area contributed by atoms with Gasteiger partial charge in [-0.15, -0.1) is 0 Å². The molecule has 0 spiro atoms. The molecule has 2 bridgehead atoms. The molecule has 3 fully saturated rings. The Hall–Kier alpha value is -1.26. The van der Waals surface area contributed by atoms with Gasteiger partial charge in [-0.1, -0.05) is 20.8 Å². The van der Waals surface area contributed by atoms with Crippen molar-refractivity contribution in [2.24, 2.45) is 22.7 Å². The number of hydrogen-bond donors (Lipinski definition) is 1. The average Bonchev–Trinajstić information content (AvgIpc) is 2.87. The summed E-state index contributed by atoms with van der Waals surface area (Å²) in [6, 6.07) is 0.246. The third-order valence-corrected chi connectivity index (χ3v) is 7.33. The number of rotatable bonds is 2. The third-order valence-electron chi connectivity index (χ3n) is 7.33. The summed E-state index contributed by atoms with van der Waals surface area (Å²) in [7, 11) is 1.42. The standard InChI is InChI=1S/C18H30N2O3/c1-17(2)13-7-8-18(17,3)14(10-13)19-16(22)20-9-5-6-12(11-20)15(21)23-4/h12-14H,5-11H2,1-4H3,(H,19,22). The molecule has 4 atom stereocenters. The van der Waals surface area contributed by atoms with Crippen molar-refractivity contribution in [1.82, 2.24) is 10.2 Å². The van der Waals surface area contributed by atoms with Crippen LogP contribution in [0, 0.1) is 22.7 Å². The van der Waals surface area contributed by atoms with Gasteiger partial charge in [-0.3, -0.25) is 4.79 Å². The second-order valence-corrected chi connectivity index (χ2v) is 8.42. The molecular weight excluding hydrogens is 292 g/mol. The van der Waals surface area contributed by atoms with Crippen LogP contribution in [0.3, 0.4) is 0 Å². The van der Waals surface area contributed by atoms with Gasteiger partial charge in [0.15, 0.2) is 0 Å². The number of likely N-dealkylation sites (tertiary alicyclic amines) is 1. The topological polar surface area (TPSA) is 58.6 Å². The van der Waals surface area contributed by atoms with E-state index in [9.17, 15) is 9.59 Å². The number of piperidine rings is 1. The monoisotopic (exact) mass is 322 g/mol. The van der Waals surface area contributed by atoms with Crippen LogP contribution < -0.4 is 5.32 Å². The number of nitrogens with zero attached hydrogens (tertiary/aromatic N) is 1. The number of carbonyl (C=O) groups excluding carboxylic acids is 2. The quantitative estimate of drug-likeness (QED) is 0.795. The van der Waals surface area contributed by atoms with Gasteiger partial charge < -0.3 is 15.0 Å². The number of fused-ring (bicyclic) bond motifs is 2. The molecule has 3 aliphatic rings. The van der Waals surface area contributed by atoms with E-state index in [1.54, 1.807) is 4.90 Å². The van der Waals surface area contributed by atoms with E-state index in [4.69, 9.17) is 4.74 Å². The molecule has 5 nitrogen and oxygen atoms in total. The zero-order chi connectivity index (χ0) is 16.8. The summed E-state index contributed by atoms with van der Waals surface area (Å²) in [5, 5.41) is 3.29. The maximum absolute atomic E-state index is 12.7. The lowest BCUT2D eigenvalue weighted by molar-refractivity contribution is -0.146. The Balaban J connectivity index is 1.63. The van der Waals surface area contributed by atoms with Gasteiger partial charge in [-0.2, -0.15) is 0 Å². The highest BCUT2D eigenvalue weighted by Crippen LogP contribution is 2.65. The van der Waals surface area contributed by atoms with Crippen LogP contribution in [-0.4, -0.2) is 43.1 Å². The number of urea groups is 1. The van der Waals surface area contributed by atoms with Gasteiger partial charge in [-0.05, 0) is 48.9 Å². The highest BCUT2D eigenvalue weighted by molar-refractivity contribution is 5.77. The van der Waals surface area contributed by atoms with E-state index in [1.807, 2.05) is 0 Å². The van der Waals surface area contributed by atoms with Gasteiger partial charge in [0, 0.05) is 19.1 Å². The third kappa shape index (κ3) is 2.52. The maximum Gasteiger partial charge on any atom is 0.317 e. The van der Waals surface area contributed by atoms with Crippen molar-refractivity contribution in [2.45, 2.75) is 58.9 Å². The van der Waals surface area contributed by atoms with Crippen molar-refractivity contribution in [3.8, 4) is 0 Å². The van der Waals surface area contributed by atoms with Crippen molar-refractivity contribution in [1.29, 1.82) is 0 Å². The van der Waals surface area contributed by atoms with Gasteiger partial charge in [0.05, 0.1) is 13.0 Å². The normalized spacial score (nSPS) is 38.4. The van der Waals surface area contributed by atoms with E-state index >= 15 is 0 Å². The summed E-state index contributed by atoms with van der Waals surface area (Å²) in [6.07, 6.45) is 5.24. The minimum atomic E-state index is -0.199. The Morgan fingerprint density at radius 2 is 1.96 bits per heavy atom. The van der Waals surface area contributed by atoms with Crippen LogP contribution in [0.25, 0.3) is 0 Å². The number of esters is 1. The minimum absolute atomic E-state index is 0.00632. The second-order valence-electron chi connectivity index (χ2n) is 8.42. The van der Waals surface area contributed by atoms with Crippen LogP contribution in [0.2, 0.25) is 0 Å². The summed E-state index contributed by atoms with van der Waals surface area (Å²) in [5.74, 6) is 0.337. The molecule has 1 N–H and O–H groups in total. The number of ether oxygens (including phenoxy) is 1. The molecule has 1 saturated heterocycles. The lowest BCUT2D eigenvalue weighted by Gasteiger charge is -2.41. The zero-order valence-corrected chi connectivity index (χ0v) is 14.9. The van der Waals surface area contributed by atoms with Gasteiger partial charge in [0.2, 0.25) is 0 Å². The van der Waals surface area contributed by atoms with E-state index in [0.29, 0.717) is 17.9 Å². The van der Waals surface area contributed by atoms with Crippen molar-refractivity contribution in [3.05, 3.63) is 0 Å². The van der Waals surface area contributed by atoms with Crippen LogP contribution in [-0.2, 0) is 9.53 Å². The first kappa shape index (κ1) is 16.6. The molecule has 1 heterocycles. The molecule has 0 aromatic carbocycles. The van der Waals surface area contributed by atoms with Gasteiger partial charge >= 0.3 is 12.0 Å². The van der Waals surface area contributed by atoms with Crippen molar-refractivity contribution < 1.29 is 14.3 Å². The number of hydrogen-bond acceptors (Lipinski definition) is 3. The first-order valence-corrected chi connectivity index (χ1v) is 8.93. The molecule has 0 radical (unpaired) electrons. The van der Waals surface area contributed by atoms with E-state index in [-0.39, 0.29) is 29.4 Å². The highest BCUT2D eigenvalue weighted by atomic mass is 16.5. The number of methoxy groups -OCH3 is 1. The number of carbonyl (C=O) groups is 2. The maximum atomic E-state index is 12.7. The average molecular weight is 322 g/mol. The number of amides is 2.